The summed E-state index contributed by atoms with van der Waals surface area (Å²) in [5, 5.41) is 11.2. The molecule has 0 saturated carbocycles. The second kappa shape index (κ2) is 9.27. The van der Waals surface area contributed by atoms with Crippen LogP contribution in [0.15, 0.2) is 52.9 Å². The Hall–Kier alpha value is -2.91. The van der Waals surface area contributed by atoms with Crippen LogP contribution in [0.2, 0.25) is 0 Å². The molecule has 0 bridgehead atoms. The van der Waals surface area contributed by atoms with E-state index in [2.05, 4.69) is 21.6 Å². The minimum absolute atomic E-state index is 0.0418. The molecule has 154 valence electrons. The van der Waals surface area contributed by atoms with Crippen molar-refractivity contribution in [2.45, 2.75) is 17.7 Å². The first-order valence-electron chi connectivity index (χ1n) is 9.53. The van der Waals surface area contributed by atoms with Gasteiger partial charge in [0.1, 0.15) is 5.75 Å². The van der Waals surface area contributed by atoms with Gasteiger partial charge in [0.15, 0.2) is 4.34 Å². The van der Waals surface area contributed by atoms with Gasteiger partial charge in [-0.05, 0) is 49.2 Å². The molecule has 1 aliphatic rings. The number of hydrogen-bond acceptors (Lipinski definition) is 7. The molecule has 0 atom stereocenters. The molecule has 1 aliphatic heterocycles. The molecule has 1 N–H and O–H groups in total. The van der Waals surface area contributed by atoms with Gasteiger partial charge < -0.3 is 9.64 Å². The highest BCUT2D eigenvalue weighted by Crippen LogP contribution is 2.30. The van der Waals surface area contributed by atoms with Gasteiger partial charge in [-0.15, -0.1) is 10.2 Å². The van der Waals surface area contributed by atoms with Gasteiger partial charge in [-0.25, -0.2) is 0 Å². The fourth-order valence-corrected chi connectivity index (χ4v) is 4.78. The average molecular weight is 441 g/mol. The number of carbonyl (C=O) groups is 2. The zero-order chi connectivity index (χ0) is 20.9. The van der Waals surface area contributed by atoms with Crippen LogP contribution in [0.25, 0.3) is 0 Å². The van der Waals surface area contributed by atoms with E-state index >= 15 is 0 Å². The van der Waals surface area contributed by atoms with Crippen LogP contribution in [-0.2, 0) is 11.2 Å². The van der Waals surface area contributed by atoms with Crippen LogP contribution in [0.5, 0.6) is 5.75 Å². The number of amides is 2. The molecule has 0 unspecified atom stereocenters. The number of thioether (sulfide) groups is 1. The Morgan fingerprint density at radius 2 is 1.97 bits per heavy atom. The number of para-hydroxylation sites is 1. The van der Waals surface area contributed by atoms with Gasteiger partial charge in [-0.1, -0.05) is 41.3 Å². The lowest BCUT2D eigenvalue weighted by Crippen LogP contribution is -2.30. The van der Waals surface area contributed by atoms with Gasteiger partial charge in [0, 0.05) is 17.8 Å². The number of fused-ring (bicyclic) bond motifs is 1. The molecule has 2 heterocycles. The minimum Gasteiger partial charge on any atom is -0.494 e. The molecule has 0 radical (unpaired) electrons. The van der Waals surface area contributed by atoms with Crippen molar-refractivity contribution in [1.29, 1.82) is 0 Å². The summed E-state index contributed by atoms with van der Waals surface area (Å²) in [6.07, 6.45) is 0.882. The Morgan fingerprint density at radius 1 is 1.17 bits per heavy atom. The fraction of sp³-hybridized carbons (Fsp3) is 0.238. The Bertz CT molecular complexity index is 1050. The van der Waals surface area contributed by atoms with Crippen molar-refractivity contribution in [3.63, 3.8) is 0 Å². The molecule has 0 saturated heterocycles. The molecule has 3 aromatic rings. The molecule has 1 aromatic heterocycles. The van der Waals surface area contributed by atoms with E-state index in [4.69, 9.17) is 4.74 Å². The number of ether oxygens (including phenoxy) is 1. The summed E-state index contributed by atoms with van der Waals surface area (Å²) in [6, 6.07) is 14.9. The quantitative estimate of drug-likeness (QED) is 0.444. The monoisotopic (exact) mass is 440 g/mol. The van der Waals surface area contributed by atoms with E-state index in [1.807, 2.05) is 30.0 Å². The molecular weight excluding hydrogens is 420 g/mol. The molecule has 0 aliphatic carbocycles. The van der Waals surface area contributed by atoms with Gasteiger partial charge >= 0.3 is 0 Å². The maximum Gasteiger partial charge on any atom is 0.257 e. The molecule has 4 rings (SSSR count). The average Bonchev–Trinajstić information content (AvgIpc) is 3.39. The molecule has 30 heavy (non-hydrogen) atoms. The summed E-state index contributed by atoms with van der Waals surface area (Å²) in [5.74, 6) is 0.764. The Kier molecular flexibility index (Phi) is 6.29. The number of carbonyl (C=O) groups excluding carboxylic acids is 2. The number of aromatic nitrogens is 2. The Morgan fingerprint density at radius 3 is 2.77 bits per heavy atom. The van der Waals surface area contributed by atoms with Crippen molar-refractivity contribution in [2.75, 3.05) is 29.1 Å². The first kappa shape index (κ1) is 20.4. The second-order valence-electron chi connectivity index (χ2n) is 6.50. The van der Waals surface area contributed by atoms with Crippen LogP contribution < -0.4 is 15.0 Å². The maximum absolute atomic E-state index is 12.6. The first-order chi connectivity index (χ1) is 14.6. The summed E-state index contributed by atoms with van der Waals surface area (Å²) in [7, 11) is 0. The van der Waals surface area contributed by atoms with Gasteiger partial charge in [0.05, 0.1) is 12.4 Å². The Labute approximate surface area is 182 Å². The zero-order valence-corrected chi connectivity index (χ0v) is 18.0. The second-order valence-corrected chi connectivity index (χ2v) is 8.70. The smallest absolute Gasteiger partial charge is 0.257 e. The molecule has 9 heteroatoms. The predicted octanol–water partition coefficient (Wildman–Crippen LogP) is 3.87. The third-order valence-electron chi connectivity index (χ3n) is 4.56. The van der Waals surface area contributed by atoms with Crippen molar-refractivity contribution in [3.05, 3.63) is 59.7 Å². The largest absolute Gasteiger partial charge is 0.494 e. The van der Waals surface area contributed by atoms with Crippen LogP contribution in [-0.4, -0.2) is 40.9 Å². The highest BCUT2D eigenvalue weighted by Gasteiger charge is 2.24. The van der Waals surface area contributed by atoms with Gasteiger partial charge in [0.25, 0.3) is 5.91 Å². The summed E-state index contributed by atoms with van der Waals surface area (Å²) < 4.78 is 6.02. The van der Waals surface area contributed by atoms with E-state index in [0.717, 1.165) is 12.1 Å². The highest BCUT2D eigenvalue weighted by atomic mass is 32.2. The number of rotatable bonds is 7. The summed E-state index contributed by atoms with van der Waals surface area (Å²) >= 11 is 2.58. The number of anilines is 2. The summed E-state index contributed by atoms with van der Waals surface area (Å²) in [5.41, 5.74) is 2.69. The van der Waals surface area contributed by atoms with Crippen molar-refractivity contribution in [3.8, 4) is 5.75 Å². The van der Waals surface area contributed by atoms with Crippen LogP contribution in [0.4, 0.5) is 10.8 Å². The fourth-order valence-electron chi connectivity index (χ4n) is 3.16. The Balaban J connectivity index is 1.31. The predicted molar refractivity (Wildman–Crippen MR) is 119 cm³/mol. The minimum atomic E-state index is -0.268. The maximum atomic E-state index is 12.6. The van der Waals surface area contributed by atoms with E-state index in [9.17, 15) is 9.59 Å². The van der Waals surface area contributed by atoms with E-state index in [0.29, 0.717) is 33.9 Å². The van der Waals surface area contributed by atoms with Gasteiger partial charge in [0.2, 0.25) is 11.0 Å². The lowest BCUT2D eigenvalue weighted by atomic mass is 10.2. The molecule has 2 amide bonds. The van der Waals surface area contributed by atoms with E-state index < -0.39 is 0 Å². The number of hydrogen-bond donors (Lipinski definition) is 1. The molecule has 2 aromatic carbocycles. The first-order valence-corrected chi connectivity index (χ1v) is 11.3. The van der Waals surface area contributed by atoms with E-state index in [1.54, 1.807) is 24.3 Å². The van der Waals surface area contributed by atoms with Crippen molar-refractivity contribution in [2.24, 2.45) is 0 Å². The number of nitrogens with zero attached hydrogens (tertiary/aromatic N) is 3. The summed E-state index contributed by atoms with van der Waals surface area (Å²) in [4.78, 5) is 26.8. The lowest BCUT2D eigenvalue weighted by Gasteiger charge is -2.16. The topological polar surface area (TPSA) is 84.4 Å². The van der Waals surface area contributed by atoms with Crippen LogP contribution in [0.3, 0.4) is 0 Å². The van der Waals surface area contributed by atoms with Crippen LogP contribution in [0, 0.1) is 0 Å². The molecular formula is C21H20N4O3S2. The van der Waals surface area contributed by atoms with Crippen LogP contribution in [0.1, 0.15) is 22.8 Å². The van der Waals surface area contributed by atoms with Gasteiger partial charge in [-0.3, -0.25) is 14.9 Å². The van der Waals surface area contributed by atoms with Crippen molar-refractivity contribution >= 4 is 45.7 Å². The molecule has 7 nitrogen and oxygen atoms in total. The number of nitrogens with one attached hydrogen (secondary N) is 1. The van der Waals surface area contributed by atoms with E-state index in [1.165, 1.54) is 28.7 Å². The highest BCUT2D eigenvalue weighted by molar-refractivity contribution is 8.01. The molecule has 0 fully saturated rings. The molecule has 0 spiro atoms. The van der Waals surface area contributed by atoms with Crippen LogP contribution >= 0.6 is 23.1 Å². The normalized spacial score (nSPS) is 12.5. The van der Waals surface area contributed by atoms with E-state index in [-0.39, 0.29) is 17.6 Å². The van der Waals surface area contributed by atoms with Crippen molar-refractivity contribution < 1.29 is 14.3 Å². The lowest BCUT2D eigenvalue weighted by molar-refractivity contribution is -0.116. The third kappa shape index (κ3) is 4.63. The third-order valence-corrected chi connectivity index (χ3v) is 6.52. The number of benzene rings is 2. The van der Waals surface area contributed by atoms with Crippen molar-refractivity contribution in [1.82, 2.24) is 10.2 Å². The SMILES string of the molecule is CCOc1ccc(C(=O)Nc2nnc(SCC(=O)N3CCc4ccccc43)s2)cc1. The zero-order valence-electron chi connectivity index (χ0n) is 16.3. The van der Waals surface area contributed by atoms with Gasteiger partial charge in [-0.2, -0.15) is 0 Å². The standard InChI is InChI=1S/C21H20N4O3S2/c1-2-28-16-9-7-15(8-10-16)19(27)22-20-23-24-21(30-20)29-13-18(26)25-12-11-14-5-3-4-6-17(14)25/h3-10H,2,11-13H2,1H3,(H,22,23,27). The summed E-state index contributed by atoms with van der Waals surface area (Å²) in [6.45, 7) is 3.19.